The Bertz CT molecular complexity index is 841. The van der Waals surface area contributed by atoms with Crippen molar-refractivity contribution in [1.29, 1.82) is 0 Å². The number of benzene rings is 2. The predicted octanol–water partition coefficient (Wildman–Crippen LogP) is 4.05. The van der Waals surface area contributed by atoms with Crippen LogP contribution in [0.1, 0.15) is 30.5 Å². The zero-order valence-electron chi connectivity index (χ0n) is 16.4. The molecular formula is C22H26O6. The van der Waals surface area contributed by atoms with Gasteiger partial charge in [-0.25, -0.2) is 4.79 Å². The van der Waals surface area contributed by atoms with Gasteiger partial charge in [0.2, 0.25) is 5.76 Å². The number of hydrogen-bond acceptors (Lipinski definition) is 5. The van der Waals surface area contributed by atoms with Gasteiger partial charge in [0.25, 0.3) is 0 Å². The van der Waals surface area contributed by atoms with Crippen LogP contribution in [-0.2, 0) is 22.4 Å². The topological polar surface area (TPSA) is 85.2 Å². The Morgan fingerprint density at radius 3 is 2.50 bits per heavy atom. The summed E-state index contributed by atoms with van der Waals surface area (Å²) in [6, 6.07) is 10.8. The number of carbonyl (C=O) groups is 1. The quantitative estimate of drug-likeness (QED) is 0.473. The van der Waals surface area contributed by atoms with E-state index < -0.39 is 5.97 Å². The lowest BCUT2D eigenvalue weighted by Gasteiger charge is -2.12. The van der Waals surface area contributed by atoms with Crippen LogP contribution < -0.4 is 9.47 Å². The molecule has 0 fully saturated rings. The highest BCUT2D eigenvalue weighted by Crippen LogP contribution is 2.29. The first kappa shape index (κ1) is 21.2. The minimum absolute atomic E-state index is 0.135. The summed E-state index contributed by atoms with van der Waals surface area (Å²) >= 11 is 0. The maximum Gasteiger partial charge on any atom is 0.371 e. The average molecular weight is 386 g/mol. The van der Waals surface area contributed by atoms with Crippen molar-refractivity contribution in [3.63, 3.8) is 0 Å². The number of aliphatic carboxylic acids is 1. The molecule has 2 rings (SSSR count). The number of phenolic OH excluding ortho intramolecular Hbond substituents is 1. The molecule has 0 bridgehead atoms. The number of hydrogen-bond donors (Lipinski definition) is 2. The predicted molar refractivity (Wildman–Crippen MR) is 107 cm³/mol. The van der Waals surface area contributed by atoms with Gasteiger partial charge in [0, 0.05) is 6.42 Å². The number of ether oxygens (including phenoxy) is 3. The third-order valence-electron chi connectivity index (χ3n) is 4.18. The summed E-state index contributed by atoms with van der Waals surface area (Å²) < 4.78 is 16.3. The van der Waals surface area contributed by atoms with Gasteiger partial charge in [-0.05, 0) is 54.3 Å². The van der Waals surface area contributed by atoms with Gasteiger partial charge in [0.05, 0.1) is 20.3 Å². The van der Waals surface area contributed by atoms with Crippen molar-refractivity contribution in [1.82, 2.24) is 0 Å². The van der Waals surface area contributed by atoms with Gasteiger partial charge >= 0.3 is 5.97 Å². The molecule has 2 aromatic rings. The van der Waals surface area contributed by atoms with Gasteiger partial charge in [-0.3, -0.25) is 0 Å². The van der Waals surface area contributed by atoms with Crippen LogP contribution in [0.15, 0.2) is 42.2 Å². The van der Waals surface area contributed by atoms with Crippen molar-refractivity contribution in [2.24, 2.45) is 0 Å². The Hall–Kier alpha value is -3.15. The van der Waals surface area contributed by atoms with E-state index in [4.69, 9.17) is 19.3 Å². The zero-order chi connectivity index (χ0) is 20.5. The molecule has 0 radical (unpaired) electrons. The van der Waals surface area contributed by atoms with Gasteiger partial charge < -0.3 is 24.4 Å². The fourth-order valence-corrected chi connectivity index (χ4v) is 2.68. The molecule has 0 aliphatic carbocycles. The van der Waals surface area contributed by atoms with Crippen LogP contribution in [0.5, 0.6) is 17.2 Å². The number of phenols is 1. The Balaban J connectivity index is 2.08. The number of aryl methyl sites for hydroxylation is 1. The number of rotatable bonds is 10. The summed E-state index contributed by atoms with van der Waals surface area (Å²) in [6.45, 7) is 4.39. The standard InChI is InChI=1S/C22H26O6/c1-4-15-6-8-17(18(23)12-15)10-11-28-19-9-7-16(13-20(19)26-3)14-21(22(24)25)27-5-2/h6-9,12-14,23H,4-5,10-11H2,1-3H3,(H,24,25)/b21-14-. The van der Waals surface area contributed by atoms with E-state index in [-0.39, 0.29) is 18.1 Å². The lowest BCUT2D eigenvalue weighted by atomic mass is 10.1. The molecule has 0 aliphatic heterocycles. The van der Waals surface area contributed by atoms with Crippen LogP contribution in [0.3, 0.4) is 0 Å². The molecule has 0 spiro atoms. The maximum absolute atomic E-state index is 11.2. The molecule has 6 heteroatoms. The highest BCUT2D eigenvalue weighted by molar-refractivity contribution is 5.90. The van der Waals surface area contributed by atoms with E-state index in [2.05, 4.69) is 0 Å². The van der Waals surface area contributed by atoms with Gasteiger partial charge in [-0.1, -0.05) is 25.1 Å². The Morgan fingerprint density at radius 1 is 1.11 bits per heavy atom. The van der Waals surface area contributed by atoms with Crippen molar-refractivity contribution < 1.29 is 29.2 Å². The Morgan fingerprint density at radius 2 is 1.89 bits per heavy atom. The van der Waals surface area contributed by atoms with Crippen molar-refractivity contribution in [3.05, 3.63) is 58.8 Å². The minimum atomic E-state index is -1.13. The van der Waals surface area contributed by atoms with E-state index in [1.54, 1.807) is 31.2 Å². The lowest BCUT2D eigenvalue weighted by molar-refractivity contribution is -0.136. The average Bonchev–Trinajstić information content (AvgIpc) is 2.69. The minimum Gasteiger partial charge on any atom is -0.508 e. The molecule has 6 nitrogen and oxygen atoms in total. The molecule has 0 unspecified atom stereocenters. The summed E-state index contributed by atoms with van der Waals surface area (Å²) in [7, 11) is 1.52. The second kappa shape index (κ2) is 10.3. The fourth-order valence-electron chi connectivity index (χ4n) is 2.68. The van der Waals surface area contributed by atoms with E-state index in [9.17, 15) is 9.90 Å². The number of carboxylic acid groups (broad SMARTS) is 1. The first-order chi connectivity index (χ1) is 13.5. The molecule has 0 heterocycles. The maximum atomic E-state index is 11.2. The number of methoxy groups -OCH3 is 1. The van der Waals surface area contributed by atoms with Crippen molar-refractivity contribution in [2.45, 2.75) is 26.7 Å². The summed E-state index contributed by atoms with van der Waals surface area (Å²) in [5.74, 6) is 0.0323. The normalized spacial score (nSPS) is 11.2. The van der Waals surface area contributed by atoms with E-state index in [1.165, 1.54) is 13.2 Å². The Labute approximate surface area is 165 Å². The van der Waals surface area contributed by atoms with Gasteiger partial charge in [-0.2, -0.15) is 0 Å². The van der Waals surface area contributed by atoms with Gasteiger partial charge in [0.15, 0.2) is 11.5 Å². The first-order valence-electron chi connectivity index (χ1n) is 9.17. The van der Waals surface area contributed by atoms with E-state index in [0.29, 0.717) is 30.1 Å². The van der Waals surface area contributed by atoms with Crippen molar-refractivity contribution in [3.8, 4) is 17.2 Å². The molecule has 2 aromatic carbocycles. The number of aromatic hydroxyl groups is 1. The Kier molecular flexibility index (Phi) is 7.75. The molecule has 28 heavy (non-hydrogen) atoms. The zero-order valence-corrected chi connectivity index (χ0v) is 16.4. The smallest absolute Gasteiger partial charge is 0.371 e. The van der Waals surface area contributed by atoms with Crippen LogP contribution in [0.25, 0.3) is 6.08 Å². The first-order valence-corrected chi connectivity index (χ1v) is 9.17. The molecular weight excluding hydrogens is 360 g/mol. The van der Waals surface area contributed by atoms with Gasteiger partial charge in [0.1, 0.15) is 5.75 Å². The molecule has 2 N–H and O–H groups in total. The molecule has 0 aromatic heterocycles. The largest absolute Gasteiger partial charge is 0.508 e. The number of carboxylic acids is 1. The summed E-state index contributed by atoms with van der Waals surface area (Å²) in [6.07, 6.45) is 2.86. The van der Waals surface area contributed by atoms with Gasteiger partial charge in [-0.15, -0.1) is 0 Å². The molecule has 0 atom stereocenters. The molecule has 0 saturated carbocycles. The highest BCUT2D eigenvalue weighted by atomic mass is 16.5. The summed E-state index contributed by atoms with van der Waals surface area (Å²) in [5, 5.41) is 19.2. The van der Waals surface area contributed by atoms with Crippen LogP contribution in [0, 0.1) is 0 Å². The lowest BCUT2D eigenvalue weighted by Crippen LogP contribution is -2.05. The molecule has 150 valence electrons. The summed E-state index contributed by atoms with van der Waals surface area (Å²) in [4.78, 5) is 11.2. The third kappa shape index (κ3) is 5.67. The SMILES string of the molecule is CCO/C(=C\c1ccc(OCCc2ccc(CC)cc2O)c(OC)c1)C(=O)O. The van der Waals surface area contributed by atoms with Crippen LogP contribution in [0.2, 0.25) is 0 Å². The molecule has 0 aliphatic rings. The molecule has 0 saturated heterocycles. The van der Waals surface area contributed by atoms with Crippen LogP contribution in [0.4, 0.5) is 0 Å². The van der Waals surface area contributed by atoms with E-state index >= 15 is 0 Å². The van der Waals surface area contributed by atoms with Crippen molar-refractivity contribution >= 4 is 12.0 Å². The highest BCUT2D eigenvalue weighted by Gasteiger charge is 2.11. The monoisotopic (exact) mass is 386 g/mol. The second-order valence-electron chi connectivity index (χ2n) is 6.07. The summed E-state index contributed by atoms with van der Waals surface area (Å²) in [5.41, 5.74) is 2.53. The third-order valence-corrected chi connectivity index (χ3v) is 4.18. The van der Waals surface area contributed by atoms with E-state index in [1.807, 2.05) is 19.1 Å². The van der Waals surface area contributed by atoms with Crippen molar-refractivity contribution in [2.75, 3.05) is 20.3 Å². The molecule has 0 amide bonds. The fraction of sp³-hybridized carbons (Fsp3) is 0.318. The van der Waals surface area contributed by atoms with Crippen LogP contribution >= 0.6 is 0 Å². The second-order valence-corrected chi connectivity index (χ2v) is 6.07. The van der Waals surface area contributed by atoms with E-state index in [0.717, 1.165) is 17.5 Å². The van der Waals surface area contributed by atoms with Crippen LogP contribution in [-0.4, -0.2) is 36.5 Å².